The Kier molecular flexibility index (Phi) is 6.37. The Balaban J connectivity index is 1.54. The van der Waals surface area contributed by atoms with E-state index in [1.165, 1.54) is 11.6 Å². The topological polar surface area (TPSA) is 88.0 Å². The van der Waals surface area contributed by atoms with Crippen molar-refractivity contribution in [2.24, 2.45) is 4.99 Å². The molecule has 3 aromatic carbocycles. The molecule has 1 fully saturated rings. The highest BCUT2D eigenvalue weighted by atomic mass is 32.2. The molecule has 1 aliphatic rings. The van der Waals surface area contributed by atoms with Crippen LogP contribution in [0.2, 0.25) is 0 Å². The number of ether oxygens (including phenoxy) is 1. The van der Waals surface area contributed by atoms with Gasteiger partial charge in [-0.3, -0.25) is 4.79 Å². The van der Waals surface area contributed by atoms with E-state index in [2.05, 4.69) is 10.3 Å². The first-order valence-corrected chi connectivity index (χ1v) is 10.7. The third-order valence-corrected chi connectivity index (χ3v) is 5.64. The van der Waals surface area contributed by atoms with Crippen LogP contribution in [0.3, 0.4) is 0 Å². The first-order chi connectivity index (χ1) is 15.5. The summed E-state index contributed by atoms with van der Waals surface area (Å²) < 4.78 is 5.99. The normalized spacial score (nSPS) is 15.7. The Bertz CT molecular complexity index is 1230. The number of amides is 1. The van der Waals surface area contributed by atoms with Crippen molar-refractivity contribution >= 4 is 40.6 Å². The van der Waals surface area contributed by atoms with Gasteiger partial charge in [0, 0.05) is 5.56 Å². The lowest BCUT2D eigenvalue weighted by Gasteiger charge is -2.10. The number of carbonyl (C=O) groups excluding carboxylic acids is 1. The van der Waals surface area contributed by atoms with Gasteiger partial charge in [0.05, 0.1) is 16.2 Å². The average molecular weight is 445 g/mol. The van der Waals surface area contributed by atoms with Crippen molar-refractivity contribution in [3.05, 3.63) is 100.0 Å². The molecule has 0 atom stereocenters. The summed E-state index contributed by atoms with van der Waals surface area (Å²) >= 11 is 1.16. The van der Waals surface area contributed by atoms with Gasteiger partial charge >= 0.3 is 5.97 Å². The summed E-state index contributed by atoms with van der Waals surface area (Å²) in [7, 11) is 0. The second-order valence-corrected chi connectivity index (χ2v) is 8.15. The van der Waals surface area contributed by atoms with Crippen molar-refractivity contribution in [3.8, 4) is 5.75 Å². The maximum Gasteiger partial charge on any atom is 0.337 e. The monoisotopic (exact) mass is 444 g/mol. The van der Waals surface area contributed by atoms with Gasteiger partial charge in [-0.25, -0.2) is 9.79 Å². The van der Waals surface area contributed by atoms with E-state index < -0.39 is 5.97 Å². The number of hydrogen-bond acceptors (Lipinski definition) is 5. The predicted molar refractivity (Wildman–Crippen MR) is 126 cm³/mol. The molecule has 0 saturated carbocycles. The minimum absolute atomic E-state index is 0.0714. The first-order valence-electron chi connectivity index (χ1n) is 9.89. The number of carboxylic acid groups (broad SMARTS) is 1. The van der Waals surface area contributed by atoms with Crippen molar-refractivity contribution in [3.63, 3.8) is 0 Å². The number of aromatic carboxylic acids is 1. The second kappa shape index (κ2) is 9.53. The lowest BCUT2D eigenvalue weighted by Crippen LogP contribution is -2.19. The highest BCUT2D eigenvalue weighted by molar-refractivity contribution is 8.18. The van der Waals surface area contributed by atoms with E-state index in [-0.39, 0.29) is 17.2 Å². The zero-order valence-corrected chi connectivity index (χ0v) is 18.1. The second-order valence-electron chi connectivity index (χ2n) is 7.12. The Labute approximate surface area is 189 Å². The molecule has 0 unspecified atom stereocenters. The molecule has 3 aromatic rings. The van der Waals surface area contributed by atoms with Gasteiger partial charge < -0.3 is 15.2 Å². The molecule has 32 heavy (non-hydrogen) atoms. The molecule has 4 rings (SSSR count). The van der Waals surface area contributed by atoms with Gasteiger partial charge in [-0.2, -0.15) is 0 Å². The number of amidine groups is 1. The van der Waals surface area contributed by atoms with Gasteiger partial charge in [0.1, 0.15) is 12.4 Å². The number of thioether (sulfide) groups is 1. The zero-order valence-electron chi connectivity index (χ0n) is 17.2. The van der Waals surface area contributed by atoms with E-state index >= 15 is 0 Å². The molecule has 160 valence electrons. The van der Waals surface area contributed by atoms with E-state index in [4.69, 9.17) is 4.74 Å². The van der Waals surface area contributed by atoms with Crippen LogP contribution in [-0.2, 0) is 11.4 Å². The molecule has 1 aliphatic heterocycles. The van der Waals surface area contributed by atoms with Gasteiger partial charge in [-0.15, -0.1) is 0 Å². The fourth-order valence-electron chi connectivity index (χ4n) is 3.06. The van der Waals surface area contributed by atoms with Gasteiger partial charge in [0.25, 0.3) is 5.91 Å². The van der Waals surface area contributed by atoms with Crippen LogP contribution in [0.4, 0.5) is 5.69 Å². The maximum atomic E-state index is 12.5. The van der Waals surface area contributed by atoms with Crippen LogP contribution in [0, 0.1) is 6.92 Å². The molecule has 0 radical (unpaired) electrons. The number of nitrogens with zero attached hydrogens (tertiary/aromatic N) is 1. The number of carbonyl (C=O) groups is 2. The highest BCUT2D eigenvalue weighted by Gasteiger charge is 2.25. The van der Waals surface area contributed by atoms with Crippen molar-refractivity contribution in [2.75, 3.05) is 0 Å². The predicted octanol–water partition coefficient (Wildman–Crippen LogP) is 5.16. The van der Waals surface area contributed by atoms with E-state index in [1.54, 1.807) is 24.3 Å². The lowest BCUT2D eigenvalue weighted by atomic mass is 10.1. The number of para-hydroxylation sites is 2. The fourth-order valence-corrected chi connectivity index (χ4v) is 3.89. The minimum atomic E-state index is -1.07. The van der Waals surface area contributed by atoms with Crippen LogP contribution in [0.15, 0.2) is 82.7 Å². The van der Waals surface area contributed by atoms with Crippen LogP contribution in [-0.4, -0.2) is 22.2 Å². The van der Waals surface area contributed by atoms with Gasteiger partial charge in [0.15, 0.2) is 5.17 Å². The number of aliphatic imine (C=N–C) groups is 1. The fraction of sp³-hybridized carbons (Fsp3) is 0.0800. The molecule has 7 heteroatoms. The van der Waals surface area contributed by atoms with E-state index in [0.717, 1.165) is 22.9 Å². The molecule has 1 heterocycles. The molecule has 0 aliphatic carbocycles. The van der Waals surface area contributed by atoms with Crippen LogP contribution in [0.1, 0.15) is 27.0 Å². The Morgan fingerprint density at radius 3 is 2.56 bits per heavy atom. The summed E-state index contributed by atoms with van der Waals surface area (Å²) in [5.74, 6) is -0.708. The van der Waals surface area contributed by atoms with E-state index in [1.807, 2.05) is 55.5 Å². The average Bonchev–Trinajstić information content (AvgIpc) is 3.13. The third kappa shape index (κ3) is 5.07. The summed E-state index contributed by atoms with van der Waals surface area (Å²) in [5, 5.41) is 12.3. The quantitative estimate of drug-likeness (QED) is 0.513. The number of benzene rings is 3. The number of hydrogen-bond donors (Lipinski definition) is 2. The molecule has 2 N–H and O–H groups in total. The Morgan fingerprint density at radius 2 is 1.78 bits per heavy atom. The summed E-state index contributed by atoms with van der Waals surface area (Å²) in [6.45, 7) is 2.45. The molecule has 0 spiro atoms. The first kappa shape index (κ1) is 21.4. The number of nitrogens with one attached hydrogen (secondary N) is 1. The minimum Gasteiger partial charge on any atom is -0.488 e. The summed E-state index contributed by atoms with van der Waals surface area (Å²) in [4.78, 5) is 28.6. The largest absolute Gasteiger partial charge is 0.488 e. The summed E-state index contributed by atoms with van der Waals surface area (Å²) in [6.07, 6.45) is 1.75. The SMILES string of the molecule is Cc1ccc(COc2ccccc2/C=C2\SC(=Nc3ccccc3C(=O)O)NC2=O)cc1. The molecular formula is C25H20N2O4S. The third-order valence-electron chi connectivity index (χ3n) is 4.73. The molecule has 1 amide bonds. The molecule has 0 aromatic heterocycles. The smallest absolute Gasteiger partial charge is 0.337 e. The Hall–Kier alpha value is -3.84. The molecule has 1 saturated heterocycles. The van der Waals surface area contributed by atoms with Crippen molar-refractivity contribution < 1.29 is 19.4 Å². The standard InChI is InChI=1S/C25H20N2O4S/c1-16-10-12-17(13-11-16)15-31-21-9-5-2-6-18(21)14-22-23(28)27-25(32-22)26-20-8-4-3-7-19(20)24(29)30/h2-14H,15H2,1H3,(H,29,30)(H,26,27,28)/b22-14-. The summed E-state index contributed by atoms with van der Waals surface area (Å²) in [6, 6.07) is 22.0. The van der Waals surface area contributed by atoms with Gasteiger partial charge in [-0.05, 0) is 48.5 Å². The van der Waals surface area contributed by atoms with E-state index in [9.17, 15) is 14.7 Å². The summed E-state index contributed by atoms with van der Waals surface area (Å²) in [5.41, 5.74) is 3.36. The number of rotatable bonds is 6. The van der Waals surface area contributed by atoms with Gasteiger partial charge in [0.2, 0.25) is 0 Å². The molecular weight excluding hydrogens is 424 g/mol. The van der Waals surface area contributed by atoms with Crippen molar-refractivity contribution in [1.29, 1.82) is 0 Å². The van der Waals surface area contributed by atoms with Crippen LogP contribution >= 0.6 is 11.8 Å². The van der Waals surface area contributed by atoms with Crippen LogP contribution in [0.5, 0.6) is 5.75 Å². The van der Waals surface area contributed by atoms with E-state index in [0.29, 0.717) is 22.4 Å². The lowest BCUT2D eigenvalue weighted by molar-refractivity contribution is -0.115. The van der Waals surface area contributed by atoms with Crippen molar-refractivity contribution in [1.82, 2.24) is 5.32 Å². The number of aryl methyl sites for hydroxylation is 1. The maximum absolute atomic E-state index is 12.5. The highest BCUT2D eigenvalue weighted by Crippen LogP contribution is 2.31. The molecule has 0 bridgehead atoms. The van der Waals surface area contributed by atoms with Gasteiger partial charge in [-0.1, -0.05) is 60.2 Å². The van der Waals surface area contributed by atoms with Crippen LogP contribution in [0.25, 0.3) is 6.08 Å². The zero-order chi connectivity index (χ0) is 22.5. The Morgan fingerprint density at radius 1 is 1.06 bits per heavy atom. The molecule has 6 nitrogen and oxygen atoms in total. The number of carboxylic acids is 1. The van der Waals surface area contributed by atoms with Crippen molar-refractivity contribution in [2.45, 2.75) is 13.5 Å². The van der Waals surface area contributed by atoms with Crippen LogP contribution < -0.4 is 10.1 Å².